The van der Waals surface area contributed by atoms with Crippen molar-refractivity contribution < 1.29 is 4.92 Å². The Hall–Kier alpha value is -1.79. The molecule has 0 bridgehead atoms. The summed E-state index contributed by atoms with van der Waals surface area (Å²) in [6.45, 7) is 2.57. The normalized spacial score (nSPS) is 12.1. The molecule has 1 aromatic heterocycles. The van der Waals surface area contributed by atoms with Gasteiger partial charge in [0.2, 0.25) is 0 Å². The van der Waals surface area contributed by atoms with Gasteiger partial charge in [0.25, 0.3) is 5.69 Å². The SMILES string of the molecule is CC(NCc1cccc(Br)n1)c1cccc([N+](=O)[O-])c1. The summed E-state index contributed by atoms with van der Waals surface area (Å²) in [5.74, 6) is 0. The van der Waals surface area contributed by atoms with Gasteiger partial charge >= 0.3 is 0 Å². The van der Waals surface area contributed by atoms with Crippen molar-refractivity contribution >= 4 is 21.6 Å². The molecule has 0 amide bonds. The van der Waals surface area contributed by atoms with E-state index in [9.17, 15) is 10.1 Å². The van der Waals surface area contributed by atoms with E-state index < -0.39 is 0 Å². The summed E-state index contributed by atoms with van der Waals surface area (Å²) in [4.78, 5) is 14.7. The fourth-order valence-electron chi connectivity index (χ4n) is 1.83. The maximum absolute atomic E-state index is 10.8. The second-order valence-electron chi connectivity index (χ2n) is 4.41. The third kappa shape index (κ3) is 3.85. The van der Waals surface area contributed by atoms with Crippen LogP contribution in [-0.2, 0) is 6.54 Å². The fraction of sp³-hybridized carbons (Fsp3) is 0.214. The summed E-state index contributed by atoms with van der Waals surface area (Å²) in [6, 6.07) is 12.4. The Kier molecular flexibility index (Phi) is 4.81. The van der Waals surface area contributed by atoms with Crippen LogP contribution in [0.4, 0.5) is 5.69 Å². The summed E-state index contributed by atoms with van der Waals surface area (Å²) in [6.07, 6.45) is 0. The van der Waals surface area contributed by atoms with Gasteiger partial charge in [0.1, 0.15) is 4.60 Å². The van der Waals surface area contributed by atoms with Crippen molar-refractivity contribution in [3.8, 4) is 0 Å². The van der Waals surface area contributed by atoms with E-state index in [2.05, 4.69) is 26.2 Å². The molecule has 1 atom stereocenters. The van der Waals surface area contributed by atoms with E-state index in [0.29, 0.717) is 6.54 Å². The molecule has 2 rings (SSSR count). The van der Waals surface area contributed by atoms with E-state index in [1.165, 1.54) is 6.07 Å². The average Bonchev–Trinajstić information content (AvgIpc) is 2.45. The van der Waals surface area contributed by atoms with Crippen molar-refractivity contribution in [2.45, 2.75) is 19.5 Å². The number of benzene rings is 1. The largest absolute Gasteiger partial charge is 0.305 e. The van der Waals surface area contributed by atoms with Crippen LogP contribution in [0.1, 0.15) is 24.2 Å². The number of pyridine rings is 1. The van der Waals surface area contributed by atoms with Crippen LogP contribution in [0, 0.1) is 10.1 Å². The second kappa shape index (κ2) is 6.58. The number of nitrogens with zero attached hydrogens (tertiary/aromatic N) is 2. The summed E-state index contributed by atoms with van der Waals surface area (Å²) in [5.41, 5.74) is 1.91. The minimum absolute atomic E-state index is 0.00989. The van der Waals surface area contributed by atoms with E-state index in [1.54, 1.807) is 12.1 Å². The molecule has 1 aromatic carbocycles. The molecule has 20 heavy (non-hydrogen) atoms. The van der Waals surface area contributed by atoms with E-state index in [-0.39, 0.29) is 16.7 Å². The highest BCUT2D eigenvalue weighted by Crippen LogP contribution is 2.19. The van der Waals surface area contributed by atoms with Crippen LogP contribution < -0.4 is 5.32 Å². The van der Waals surface area contributed by atoms with Gasteiger partial charge in [-0.15, -0.1) is 0 Å². The molecule has 0 fully saturated rings. The molecule has 1 heterocycles. The number of halogens is 1. The zero-order chi connectivity index (χ0) is 14.5. The first-order valence-electron chi connectivity index (χ1n) is 6.15. The number of hydrogen-bond donors (Lipinski definition) is 1. The molecule has 0 saturated carbocycles. The van der Waals surface area contributed by atoms with Crippen LogP contribution in [-0.4, -0.2) is 9.91 Å². The van der Waals surface area contributed by atoms with Gasteiger partial charge < -0.3 is 5.32 Å². The first kappa shape index (κ1) is 14.6. The maximum atomic E-state index is 10.8. The number of aromatic nitrogens is 1. The van der Waals surface area contributed by atoms with Crippen molar-refractivity contribution in [3.05, 3.63) is 68.4 Å². The maximum Gasteiger partial charge on any atom is 0.269 e. The zero-order valence-electron chi connectivity index (χ0n) is 10.9. The molecule has 0 saturated heterocycles. The molecule has 0 spiro atoms. The smallest absolute Gasteiger partial charge is 0.269 e. The van der Waals surface area contributed by atoms with Crippen LogP contribution in [0.5, 0.6) is 0 Å². The summed E-state index contributed by atoms with van der Waals surface area (Å²) in [5, 5.41) is 14.1. The Labute approximate surface area is 125 Å². The highest BCUT2D eigenvalue weighted by molar-refractivity contribution is 9.10. The van der Waals surface area contributed by atoms with Gasteiger partial charge in [0.05, 0.1) is 10.6 Å². The minimum Gasteiger partial charge on any atom is -0.305 e. The van der Waals surface area contributed by atoms with Crippen LogP contribution in [0.25, 0.3) is 0 Å². The summed E-state index contributed by atoms with van der Waals surface area (Å²) in [7, 11) is 0. The molecule has 1 unspecified atom stereocenters. The number of nitrogens with one attached hydrogen (secondary N) is 1. The third-order valence-corrected chi connectivity index (χ3v) is 3.38. The highest BCUT2D eigenvalue weighted by Gasteiger charge is 2.10. The van der Waals surface area contributed by atoms with Crippen molar-refractivity contribution in [1.82, 2.24) is 10.3 Å². The molecule has 2 aromatic rings. The van der Waals surface area contributed by atoms with Gasteiger partial charge in [0.15, 0.2) is 0 Å². The lowest BCUT2D eigenvalue weighted by atomic mass is 10.1. The number of rotatable bonds is 5. The molecule has 0 radical (unpaired) electrons. The first-order chi connectivity index (χ1) is 9.56. The van der Waals surface area contributed by atoms with E-state index >= 15 is 0 Å². The molecular formula is C14H14BrN3O2. The molecule has 6 heteroatoms. The molecule has 0 aliphatic rings. The standard InChI is InChI=1S/C14H14BrN3O2/c1-10(11-4-2-6-13(8-11)18(19)20)16-9-12-5-3-7-14(15)17-12/h2-8,10,16H,9H2,1H3. The van der Waals surface area contributed by atoms with E-state index in [0.717, 1.165) is 15.9 Å². The predicted octanol–water partition coefficient (Wildman–Crippen LogP) is 3.60. The zero-order valence-corrected chi connectivity index (χ0v) is 12.5. The van der Waals surface area contributed by atoms with Crippen molar-refractivity contribution in [2.75, 3.05) is 0 Å². The second-order valence-corrected chi connectivity index (χ2v) is 5.22. The highest BCUT2D eigenvalue weighted by atomic mass is 79.9. The lowest BCUT2D eigenvalue weighted by molar-refractivity contribution is -0.384. The van der Waals surface area contributed by atoms with Gasteiger partial charge in [-0.2, -0.15) is 0 Å². The van der Waals surface area contributed by atoms with E-state index in [4.69, 9.17) is 0 Å². The molecule has 104 valence electrons. The monoisotopic (exact) mass is 335 g/mol. The van der Waals surface area contributed by atoms with Gasteiger partial charge in [-0.3, -0.25) is 10.1 Å². The molecule has 0 aliphatic carbocycles. The average molecular weight is 336 g/mol. The van der Waals surface area contributed by atoms with Gasteiger partial charge in [-0.05, 0) is 40.5 Å². The third-order valence-electron chi connectivity index (χ3n) is 2.94. The molecular weight excluding hydrogens is 322 g/mol. The predicted molar refractivity (Wildman–Crippen MR) is 80.3 cm³/mol. The van der Waals surface area contributed by atoms with Crippen molar-refractivity contribution in [2.24, 2.45) is 0 Å². The molecule has 0 aliphatic heterocycles. The Balaban J connectivity index is 2.03. The lowest BCUT2D eigenvalue weighted by Crippen LogP contribution is -2.18. The Morgan fingerprint density at radius 1 is 1.35 bits per heavy atom. The lowest BCUT2D eigenvalue weighted by Gasteiger charge is -2.13. The Bertz CT molecular complexity index is 619. The number of hydrogen-bond acceptors (Lipinski definition) is 4. The van der Waals surface area contributed by atoms with Gasteiger partial charge in [0, 0.05) is 24.7 Å². The number of non-ortho nitro benzene ring substituents is 1. The van der Waals surface area contributed by atoms with Gasteiger partial charge in [-0.25, -0.2) is 4.98 Å². The minimum atomic E-state index is -0.383. The van der Waals surface area contributed by atoms with Crippen LogP contribution in [0.3, 0.4) is 0 Å². The topological polar surface area (TPSA) is 68.1 Å². The van der Waals surface area contributed by atoms with Crippen LogP contribution in [0.2, 0.25) is 0 Å². The van der Waals surface area contributed by atoms with Crippen molar-refractivity contribution in [3.63, 3.8) is 0 Å². The molecule has 5 nitrogen and oxygen atoms in total. The summed E-state index contributed by atoms with van der Waals surface area (Å²) < 4.78 is 0.791. The summed E-state index contributed by atoms with van der Waals surface area (Å²) >= 11 is 3.33. The Morgan fingerprint density at radius 3 is 2.80 bits per heavy atom. The number of nitro groups is 1. The quantitative estimate of drug-likeness (QED) is 0.515. The van der Waals surface area contributed by atoms with Crippen molar-refractivity contribution in [1.29, 1.82) is 0 Å². The first-order valence-corrected chi connectivity index (χ1v) is 6.95. The number of nitro benzene ring substituents is 1. The van der Waals surface area contributed by atoms with Gasteiger partial charge in [-0.1, -0.05) is 18.2 Å². The fourth-order valence-corrected chi connectivity index (χ4v) is 2.21. The van der Waals surface area contributed by atoms with Crippen LogP contribution in [0.15, 0.2) is 47.1 Å². The Morgan fingerprint density at radius 2 is 2.10 bits per heavy atom. The van der Waals surface area contributed by atoms with Crippen LogP contribution >= 0.6 is 15.9 Å². The molecule has 1 N–H and O–H groups in total. The van der Waals surface area contributed by atoms with E-state index in [1.807, 2.05) is 31.2 Å².